The summed E-state index contributed by atoms with van der Waals surface area (Å²) in [4.78, 5) is 15.2. The van der Waals surface area contributed by atoms with E-state index in [2.05, 4.69) is 36.2 Å². The summed E-state index contributed by atoms with van der Waals surface area (Å²) in [5, 5.41) is 10.8. The third-order valence-corrected chi connectivity index (χ3v) is 5.76. The van der Waals surface area contributed by atoms with E-state index >= 15 is 0 Å². The molecule has 0 amide bonds. The van der Waals surface area contributed by atoms with E-state index < -0.39 is 5.97 Å². The molecule has 0 aliphatic rings. The maximum absolute atomic E-state index is 12.0. The predicted molar refractivity (Wildman–Crippen MR) is 125 cm³/mol. The van der Waals surface area contributed by atoms with E-state index in [0.717, 1.165) is 56.5 Å². The molecule has 4 aromatic rings. The molecule has 0 aliphatic carbocycles. The smallest absolute Gasteiger partial charge is 0.352 e. The fourth-order valence-electron chi connectivity index (χ4n) is 4.11. The summed E-state index contributed by atoms with van der Waals surface area (Å²) in [7, 11) is 0. The van der Waals surface area contributed by atoms with Gasteiger partial charge in [0.2, 0.25) is 0 Å². The van der Waals surface area contributed by atoms with E-state index in [0.29, 0.717) is 13.0 Å². The number of fused-ring (bicyclic) bond motifs is 1. The average molecular weight is 414 g/mol. The van der Waals surface area contributed by atoms with Gasteiger partial charge in [-0.1, -0.05) is 54.6 Å². The Balaban J connectivity index is 1.62. The monoisotopic (exact) mass is 413 g/mol. The first-order chi connectivity index (χ1) is 15.0. The lowest BCUT2D eigenvalue weighted by Crippen LogP contribution is -2.05. The molecule has 4 rings (SSSR count). The fourth-order valence-corrected chi connectivity index (χ4v) is 4.11. The van der Waals surface area contributed by atoms with Gasteiger partial charge in [-0.05, 0) is 67.5 Å². The quantitative estimate of drug-likeness (QED) is 0.341. The van der Waals surface area contributed by atoms with Crippen molar-refractivity contribution in [2.24, 2.45) is 0 Å². The number of carbonyl (C=O) groups is 1. The van der Waals surface area contributed by atoms with Gasteiger partial charge in [-0.2, -0.15) is 0 Å². The van der Waals surface area contributed by atoms with Crippen LogP contribution < -0.4 is 4.74 Å². The van der Waals surface area contributed by atoms with Crippen LogP contribution in [0.2, 0.25) is 0 Å². The average Bonchev–Trinajstić information content (AvgIpc) is 3.13. The lowest BCUT2D eigenvalue weighted by Gasteiger charge is -2.10. The van der Waals surface area contributed by atoms with E-state index in [-0.39, 0.29) is 5.69 Å². The number of rotatable bonds is 7. The molecule has 0 bridgehead atoms. The normalized spacial score (nSPS) is 11.1. The van der Waals surface area contributed by atoms with Crippen molar-refractivity contribution in [1.82, 2.24) is 4.98 Å². The number of nitrogens with one attached hydrogen (secondary N) is 1. The van der Waals surface area contributed by atoms with Gasteiger partial charge >= 0.3 is 5.97 Å². The van der Waals surface area contributed by atoms with Crippen molar-refractivity contribution < 1.29 is 14.6 Å². The Labute approximate surface area is 182 Å². The summed E-state index contributed by atoms with van der Waals surface area (Å²) in [6.07, 6.45) is 1.36. The summed E-state index contributed by atoms with van der Waals surface area (Å²) in [6.45, 7) is 6.68. The largest absolute Gasteiger partial charge is 0.493 e. The molecule has 0 fully saturated rings. The zero-order valence-electron chi connectivity index (χ0n) is 18.2. The maximum Gasteiger partial charge on any atom is 0.352 e. The molecule has 0 saturated carbocycles. The summed E-state index contributed by atoms with van der Waals surface area (Å²) in [6, 6.07) is 20.4. The van der Waals surface area contributed by atoms with Gasteiger partial charge in [0, 0.05) is 10.9 Å². The van der Waals surface area contributed by atoms with Crippen LogP contribution in [-0.4, -0.2) is 22.7 Å². The zero-order valence-corrected chi connectivity index (χ0v) is 18.2. The Morgan fingerprint density at radius 3 is 2.48 bits per heavy atom. The van der Waals surface area contributed by atoms with E-state index in [1.807, 2.05) is 50.2 Å². The highest BCUT2D eigenvalue weighted by atomic mass is 16.5. The van der Waals surface area contributed by atoms with Crippen LogP contribution in [0.3, 0.4) is 0 Å². The minimum absolute atomic E-state index is 0.266. The number of aryl methyl sites for hydroxylation is 4. The van der Waals surface area contributed by atoms with Crippen molar-refractivity contribution in [2.45, 2.75) is 33.6 Å². The van der Waals surface area contributed by atoms with E-state index in [1.54, 1.807) is 0 Å². The molecule has 0 spiro atoms. The van der Waals surface area contributed by atoms with Gasteiger partial charge in [-0.3, -0.25) is 0 Å². The molecule has 4 heteroatoms. The van der Waals surface area contributed by atoms with Gasteiger partial charge < -0.3 is 14.8 Å². The van der Waals surface area contributed by atoms with Gasteiger partial charge in [0.05, 0.1) is 12.1 Å². The Bertz CT molecular complexity index is 1250. The number of H-pyrrole nitrogens is 1. The zero-order chi connectivity index (χ0) is 22.0. The second-order valence-corrected chi connectivity index (χ2v) is 8.05. The van der Waals surface area contributed by atoms with Crippen molar-refractivity contribution in [2.75, 3.05) is 6.61 Å². The Morgan fingerprint density at radius 1 is 0.935 bits per heavy atom. The molecule has 0 unspecified atom stereocenters. The van der Waals surface area contributed by atoms with Crippen LogP contribution in [0.4, 0.5) is 0 Å². The number of ether oxygens (including phenoxy) is 1. The minimum atomic E-state index is -0.933. The third kappa shape index (κ3) is 4.19. The lowest BCUT2D eigenvalue weighted by atomic mass is 9.97. The molecule has 0 aliphatic heterocycles. The van der Waals surface area contributed by atoms with Gasteiger partial charge in [0.25, 0.3) is 0 Å². The lowest BCUT2D eigenvalue weighted by molar-refractivity contribution is 0.0690. The summed E-state index contributed by atoms with van der Waals surface area (Å²) in [5.41, 5.74) is 7.53. The number of aromatic amines is 1. The molecular formula is C27H27NO3. The summed E-state index contributed by atoms with van der Waals surface area (Å²) >= 11 is 0. The molecule has 158 valence electrons. The Hall–Kier alpha value is -3.53. The summed E-state index contributed by atoms with van der Waals surface area (Å²) in [5.74, 6) is -0.0448. The maximum atomic E-state index is 12.0. The van der Waals surface area contributed by atoms with E-state index in [1.165, 1.54) is 0 Å². The molecule has 31 heavy (non-hydrogen) atoms. The molecule has 1 aromatic heterocycles. The van der Waals surface area contributed by atoms with Crippen LogP contribution in [0.5, 0.6) is 5.75 Å². The number of aromatic nitrogens is 1. The van der Waals surface area contributed by atoms with Crippen molar-refractivity contribution >= 4 is 16.9 Å². The highest BCUT2D eigenvalue weighted by Gasteiger charge is 2.19. The second-order valence-electron chi connectivity index (χ2n) is 8.05. The number of carboxylic acids is 1. The second kappa shape index (κ2) is 8.68. The number of hydrogen-bond donors (Lipinski definition) is 2. The fraction of sp³-hybridized carbons (Fsp3) is 0.222. The van der Waals surface area contributed by atoms with Crippen molar-refractivity contribution in [3.63, 3.8) is 0 Å². The van der Waals surface area contributed by atoms with Crippen molar-refractivity contribution in [3.05, 3.63) is 88.6 Å². The molecule has 3 aromatic carbocycles. The number of aromatic carboxylic acids is 1. The SMILES string of the molecule is Cc1ccc(C)c(OCCCc2c(C(=O)O)[nH]c3c(-c4ccccc4C)cccc23)c1. The third-order valence-electron chi connectivity index (χ3n) is 5.76. The first kappa shape index (κ1) is 20.7. The highest BCUT2D eigenvalue weighted by molar-refractivity contribution is 6.03. The number of benzene rings is 3. The number of para-hydroxylation sites is 1. The van der Waals surface area contributed by atoms with Crippen molar-refractivity contribution in [1.29, 1.82) is 0 Å². The number of carboxylic acid groups (broad SMARTS) is 1. The first-order valence-corrected chi connectivity index (χ1v) is 10.6. The molecule has 4 nitrogen and oxygen atoms in total. The predicted octanol–water partition coefficient (Wildman–Crippen LogP) is 6.47. The first-order valence-electron chi connectivity index (χ1n) is 10.6. The Kier molecular flexibility index (Phi) is 5.81. The van der Waals surface area contributed by atoms with Crippen LogP contribution >= 0.6 is 0 Å². The van der Waals surface area contributed by atoms with Gasteiger partial charge in [-0.15, -0.1) is 0 Å². The van der Waals surface area contributed by atoms with Crippen LogP contribution in [0.15, 0.2) is 60.7 Å². The van der Waals surface area contributed by atoms with Gasteiger partial charge in [0.1, 0.15) is 11.4 Å². The van der Waals surface area contributed by atoms with Gasteiger partial charge in [-0.25, -0.2) is 4.79 Å². The van der Waals surface area contributed by atoms with Crippen LogP contribution in [0.1, 0.15) is 39.2 Å². The van der Waals surface area contributed by atoms with E-state index in [9.17, 15) is 9.90 Å². The number of hydrogen-bond acceptors (Lipinski definition) is 2. The molecule has 0 saturated heterocycles. The van der Waals surface area contributed by atoms with Crippen molar-refractivity contribution in [3.8, 4) is 16.9 Å². The molecular weight excluding hydrogens is 386 g/mol. The standard InChI is InChI=1S/C27H27NO3/c1-17-13-14-19(3)24(16-17)31-15-7-12-23-22-11-6-10-21(20-9-5-4-8-18(20)2)25(22)28-26(23)27(29)30/h4-6,8-11,13-14,16,28H,7,12,15H2,1-3H3,(H,29,30). The topological polar surface area (TPSA) is 62.3 Å². The Morgan fingerprint density at radius 2 is 1.71 bits per heavy atom. The van der Waals surface area contributed by atoms with Gasteiger partial charge in [0.15, 0.2) is 0 Å². The molecule has 0 radical (unpaired) electrons. The molecule has 2 N–H and O–H groups in total. The van der Waals surface area contributed by atoms with Crippen LogP contribution in [0.25, 0.3) is 22.0 Å². The summed E-state index contributed by atoms with van der Waals surface area (Å²) < 4.78 is 5.98. The minimum Gasteiger partial charge on any atom is -0.493 e. The molecule has 1 heterocycles. The van der Waals surface area contributed by atoms with Crippen LogP contribution in [-0.2, 0) is 6.42 Å². The van der Waals surface area contributed by atoms with E-state index in [4.69, 9.17) is 4.74 Å². The van der Waals surface area contributed by atoms with Crippen LogP contribution in [0, 0.1) is 20.8 Å². The molecule has 0 atom stereocenters. The highest BCUT2D eigenvalue weighted by Crippen LogP contribution is 2.34.